The summed E-state index contributed by atoms with van der Waals surface area (Å²) in [7, 11) is 0. The Morgan fingerprint density at radius 3 is 2.55 bits per heavy atom. The molecule has 4 heteroatoms. The van der Waals surface area contributed by atoms with E-state index >= 15 is 0 Å². The monoisotopic (exact) mass is 356 g/mol. The first-order valence-electron chi connectivity index (χ1n) is 7.15. The summed E-state index contributed by atoms with van der Waals surface area (Å²) in [6.07, 6.45) is 1.95. The molecule has 112 valence electrons. The van der Waals surface area contributed by atoms with Gasteiger partial charge in [-0.15, -0.1) is 0 Å². The maximum absolute atomic E-state index is 12.4. The number of halogens is 1. The molecule has 0 bridgehead atoms. The van der Waals surface area contributed by atoms with E-state index in [4.69, 9.17) is 0 Å². The van der Waals surface area contributed by atoms with Gasteiger partial charge in [-0.25, -0.2) is 0 Å². The molecule has 3 rings (SSSR count). The van der Waals surface area contributed by atoms with Gasteiger partial charge in [0.2, 0.25) is 5.91 Å². The number of hydrogen-bond donors (Lipinski definition) is 1. The van der Waals surface area contributed by atoms with Crippen molar-refractivity contribution in [1.29, 1.82) is 0 Å². The first kappa shape index (κ1) is 14.9. The summed E-state index contributed by atoms with van der Waals surface area (Å²) in [5.41, 5.74) is 4.07. The lowest BCUT2D eigenvalue weighted by Gasteiger charge is -2.13. The molecule has 0 aliphatic carbocycles. The van der Waals surface area contributed by atoms with E-state index in [1.807, 2.05) is 67.1 Å². The predicted molar refractivity (Wildman–Crippen MR) is 94.2 cm³/mol. The number of aryl methyl sites for hydroxylation is 2. The van der Waals surface area contributed by atoms with Crippen molar-refractivity contribution in [3.8, 4) is 0 Å². The van der Waals surface area contributed by atoms with Crippen molar-refractivity contribution in [1.82, 2.24) is 4.57 Å². The number of anilines is 1. The second kappa shape index (κ2) is 5.97. The van der Waals surface area contributed by atoms with Crippen molar-refractivity contribution >= 4 is 38.4 Å². The van der Waals surface area contributed by atoms with Crippen LogP contribution in [0, 0.1) is 13.8 Å². The van der Waals surface area contributed by atoms with Gasteiger partial charge in [-0.1, -0.05) is 34.1 Å². The normalized spacial score (nSPS) is 10.9. The molecule has 0 spiro atoms. The highest BCUT2D eigenvalue weighted by molar-refractivity contribution is 9.10. The Labute approximate surface area is 138 Å². The number of carbonyl (C=O) groups excluding carboxylic acids is 1. The zero-order chi connectivity index (χ0) is 15.7. The van der Waals surface area contributed by atoms with Gasteiger partial charge in [0.1, 0.15) is 6.54 Å². The van der Waals surface area contributed by atoms with Crippen LogP contribution in [0.2, 0.25) is 0 Å². The molecule has 2 aromatic carbocycles. The Balaban J connectivity index is 1.81. The van der Waals surface area contributed by atoms with Crippen LogP contribution in [-0.2, 0) is 11.3 Å². The van der Waals surface area contributed by atoms with Crippen LogP contribution >= 0.6 is 15.9 Å². The zero-order valence-electron chi connectivity index (χ0n) is 12.6. The van der Waals surface area contributed by atoms with E-state index in [-0.39, 0.29) is 5.91 Å². The summed E-state index contributed by atoms with van der Waals surface area (Å²) in [6, 6.07) is 14.1. The van der Waals surface area contributed by atoms with Crippen LogP contribution in [0.25, 0.3) is 10.9 Å². The van der Waals surface area contributed by atoms with Crippen molar-refractivity contribution in [2.45, 2.75) is 20.4 Å². The highest BCUT2D eigenvalue weighted by atomic mass is 79.9. The van der Waals surface area contributed by atoms with Crippen LogP contribution in [0.3, 0.4) is 0 Å². The van der Waals surface area contributed by atoms with Crippen molar-refractivity contribution < 1.29 is 4.79 Å². The summed E-state index contributed by atoms with van der Waals surface area (Å²) in [4.78, 5) is 12.4. The third-order valence-corrected chi connectivity index (χ3v) is 4.21. The minimum Gasteiger partial charge on any atom is -0.338 e. The molecule has 3 aromatic rings. The number of hydrogen-bond acceptors (Lipinski definition) is 1. The highest BCUT2D eigenvalue weighted by Crippen LogP contribution is 2.25. The average Bonchev–Trinajstić information content (AvgIpc) is 2.86. The quantitative estimate of drug-likeness (QED) is 0.727. The van der Waals surface area contributed by atoms with Gasteiger partial charge in [-0.05, 0) is 54.6 Å². The first-order chi connectivity index (χ1) is 10.5. The second-order valence-corrected chi connectivity index (χ2v) is 6.38. The number of para-hydroxylation sites is 1. The first-order valence-corrected chi connectivity index (χ1v) is 7.94. The number of fused-ring (bicyclic) bond motifs is 1. The fourth-order valence-corrected chi connectivity index (χ4v) is 3.41. The fraction of sp³-hybridized carbons (Fsp3) is 0.167. The lowest BCUT2D eigenvalue weighted by atomic mass is 10.1. The van der Waals surface area contributed by atoms with Gasteiger partial charge in [-0.2, -0.15) is 0 Å². The zero-order valence-corrected chi connectivity index (χ0v) is 14.1. The van der Waals surface area contributed by atoms with E-state index < -0.39 is 0 Å². The summed E-state index contributed by atoms with van der Waals surface area (Å²) in [6.45, 7) is 4.30. The topological polar surface area (TPSA) is 34.0 Å². The molecule has 0 unspecified atom stereocenters. The van der Waals surface area contributed by atoms with Gasteiger partial charge in [0, 0.05) is 21.9 Å². The second-order valence-electron chi connectivity index (χ2n) is 5.47. The van der Waals surface area contributed by atoms with Crippen LogP contribution in [0.4, 0.5) is 5.69 Å². The number of amides is 1. The molecular formula is C18H17BrN2O. The van der Waals surface area contributed by atoms with E-state index in [1.165, 1.54) is 0 Å². The molecule has 22 heavy (non-hydrogen) atoms. The maximum atomic E-state index is 12.4. The van der Waals surface area contributed by atoms with Crippen LogP contribution in [0.1, 0.15) is 11.1 Å². The molecule has 0 aliphatic rings. The summed E-state index contributed by atoms with van der Waals surface area (Å²) in [5, 5.41) is 4.17. The third kappa shape index (κ3) is 2.92. The fourth-order valence-electron chi connectivity index (χ4n) is 2.72. The third-order valence-electron chi connectivity index (χ3n) is 3.76. The standard InChI is InChI=1S/C18H17BrN2O/c1-12-9-15(19)10-13(2)18(12)20-17(22)11-21-8-7-14-5-3-4-6-16(14)21/h3-10H,11H2,1-2H3,(H,20,22). The number of benzene rings is 2. The van der Waals surface area contributed by atoms with E-state index in [2.05, 4.69) is 21.2 Å². The molecule has 1 heterocycles. The smallest absolute Gasteiger partial charge is 0.244 e. The average molecular weight is 357 g/mol. The van der Waals surface area contributed by atoms with E-state index in [9.17, 15) is 4.79 Å². The van der Waals surface area contributed by atoms with Gasteiger partial charge >= 0.3 is 0 Å². The van der Waals surface area contributed by atoms with Crippen molar-refractivity contribution in [2.75, 3.05) is 5.32 Å². The molecule has 0 aliphatic heterocycles. The minimum absolute atomic E-state index is 0.0186. The van der Waals surface area contributed by atoms with Gasteiger partial charge < -0.3 is 9.88 Å². The number of aromatic nitrogens is 1. The Morgan fingerprint density at radius 2 is 1.82 bits per heavy atom. The van der Waals surface area contributed by atoms with Gasteiger partial charge in [0.15, 0.2) is 0 Å². The van der Waals surface area contributed by atoms with Gasteiger partial charge in [-0.3, -0.25) is 4.79 Å². The molecule has 3 nitrogen and oxygen atoms in total. The van der Waals surface area contributed by atoms with E-state index in [0.29, 0.717) is 6.54 Å². The molecule has 0 saturated carbocycles. The number of nitrogens with one attached hydrogen (secondary N) is 1. The lowest BCUT2D eigenvalue weighted by Crippen LogP contribution is -2.19. The molecule has 1 amide bonds. The largest absolute Gasteiger partial charge is 0.338 e. The molecule has 0 radical (unpaired) electrons. The molecular weight excluding hydrogens is 340 g/mol. The van der Waals surface area contributed by atoms with Gasteiger partial charge in [0.05, 0.1) is 0 Å². The Kier molecular flexibility index (Phi) is 4.03. The number of nitrogens with zero attached hydrogens (tertiary/aromatic N) is 1. The van der Waals surface area contributed by atoms with Crippen LogP contribution in [-0.4, -0.2) is 10.5 Å². The predicted octanol–water partition coefficient (Wildman–Crippen LogP) is 4.66. The Bertz CT molecular complexity index is 828. The summed E-state index contributed by atoms with van der Waals surface area (Å²) >= 11 is 3.47. The highest BCUT2D eigenvalue weighted by Gasteiger charge is 2.10. The SMILES string of the molecule is Cc1cc(Br)cc(C)c1NC(=O)Cn1ccc2ccccc21. The minimum atomic E-state index is -0.0186. The Morgan fingerprint density at radius 1 is 1.14 bits per heavy atom. The maximum Gasteiger partial charge on any atom is 0.244 e. The van der Waals surface area contributed by atoms with Crippen molar-refractivity contribution in [3.63, 3.8) is 0 Å². The molecule has 0 fully saturated rings. The van der Waals surface area contributed by atoms with Gasteiger partial charge in [0.25, 0.3) is 0 Å². The van der Waals surface area contributed by atoms with E-state index in [0.717, 1.165) is 32.2 Å². The molecule has 0 saturated heterocycles. The number of rotatable bonds is 3. The van der Waals surface area contributed by atoms with Crippen LogP contribution < -0.4 is 5.32 Å². The molecule has 1 aromatic heterocycles. The number of carbonyl (C=O) groups is 1. The van der Waals surface area contributed by atoms with Crippen molar-refractivity contribution in [3.05, 3.63) is 64.3 Å². The summed E-state index contributed by atoms with van der Waals surface area (Å²) < 4.78 is 2.99. The molecule has 0 atom stereocenters. The van der Waals surface area contributed by atoms with Crippen molar-refractivity contribution in [2.24, 2.45) is 0 Å². The van der Waals surface area contributed by atoms with Crippen LogP contribution in [0.5, 0.6) is 0 Å². The van der Waals surface area contributed by atoms with E-state index in [1.54, 1.807) is 0 Å². The Hall–Kier alpha value is -2.07. The summed E-state index contributed by atoms with van der Waals surface area (Å²) in [5.74, 6) is -0.0186. The molecule has 1 N–H and O–H groups in total. The van der Waals surface area contributed by atoms with Crippen LogP contribution in [0.15, 0.2) is 53.1 Å². The lowest BCUT2D eigenvalue weighted by molar-refractivity contribution is -0.116.